The summed E-state index contributed by atoms with van der Waals surface area (Å²) in [5.41, 5.74) is 10.5. The van der Waals surface area contributed by atoms with E-state index < -0.39 is 0 Å². The number of rotatable bonds is 7. The fourth-order valence-electron chi connectivity index (χ4n) is 4.92. The molecule has 0 aliphatic heterocycles. The molecule has 0 N–H and O–H groups in total. The van der Waals surface area contributed by atoms with Crippen LogP contribution in [-0.4, -0.2) is 20.7 Å². The standard InChI is InChI=1S/C36H27N3O/c1-2-25-3-5-26(6-4-25)30-19-31(27-7-13-37-14-8-27)22-34(21-30)36(40)35-23-32(28-9-15-38-16-10-28)20-33(24-35)29-11-17-39-18-12-29/h3-24H,2H2,1H3. The number of carbonyl (C=O) groups is 1. The lowest BCUT2D eigenvalue weighted by Gasteiger charge is -2.13. The summed E-state index contributed by atoms with van der Waals surface area (Å²) in [6.07, 6.45) is 11.6. The van der Waals surface area contributed by atoms with Crippen molar-refractivity contribution in [2.45, 2.75) is 13.3 Å². The summed E-state index contributed by atoms with van der Waals surface area (Å²) >= 11 is 0. The topological polar surface area (TPSA) is 55.7 Å². The van der Waals surface area contributed by atoms with Crippen LogP contribution in [0.2, 0.25) is 0 Å². The SMILES string of the molecule is CCc1ccc(-c2cc(C(=O)c3cc(-c4ccncc4)cc(-c4ccncc4)c3)cc(-c3ccncc3)c2)cc1. The van der Waals surface area contributed by atoms with Gasteiger partial charge in [0.05, 0.1) is 0 Å². The van der Waals surface area contributed by atoms with Crippen LogP contribution in [0.25, 0.3) is 44.5 Å². The lowest BCUT2D eigenvalue weighted by atomic mass is 9.90. The Kier molecular flexibility index (Phi) is 7.06. The predicted molar refractivity (Wildman–Crippen MR) is 161 cm³/mol. The summed E-state index contributed by atoms with van der Waals surface area (Å²) in [5.74, 6) is -0.0338. The van der Waals surface area contributed by atoms with Gasteiger partial charge in [0.15, 0.2) is 5.78 Å². The highest BCUT2D eigenvalue weighted by molar-refractivity contribution is 6.11. The number of aromatic nitrogens is 3. The third kappa shape index (κ3) is 5.33. The predicted octanol–water partition coefficient (Wildman–Crippen LogP) is 8.33. The van der Waals surface area contributed by atoms with Crippen LogP contribution in [0.15, 0.2) is 134 Å². The molecular formula is C36H27N3O. The van der Waals surface area contributed by atoms with Crippen LogP contribution >= 0.6 is 0 Å². The Labute approximate surface area is 234 Å². The second-order valence-electron chi connectivity index (χ2n) is 9.69. The van der Waals surface area contributed by atoms with Gasteiger partial charge in [-0.3, -0.25) is 19.7 Å². The van der Waals surface area contributed by atoms with Gasteiger partial charge in [-0.15, -0.1) is 0 Å². The smallest absolute Gasteiger partial charge is 0.193 e. The van der Waals surface area contributed by atoms with E-state index in [9.17, 15) is 4.79 Å². The summed E-state index contributed by atoms with van der Waals surface area (Å²) in [4.78, 5) is 26.8. The minimum absolute atomic E-state index is 0.0338. The number of hydrogen-bond donors (Lipinski definition) is 0. The third-order valence-electron chi connectivity index (χ3n) is 7.13. The van der Waals surface area contributed by atoms with Gasteiger partial charge < -0.3 is 0 Å². The third-order valence-corrected chi connectivity index (χ3v) is 7.13. The summed E-state index contributed by atoms with van der Waals surface area (Å²) in [5, 5.41) is 0. The molecule has 4 nitrogen and oxygen atoms in total. The van der Waals surface area contributed by atoms with Crippen LogP contribution in [0.4, 0.5) is 0 Å². The van der Waals surface area contributed by atoms with Crippen LogP contribution < -0.4 is 0 Å². The lowest BCUT2D eigenvalue weighted by molar-refractivity contribution is 0.103. The number of carbonyl (C=O) groups excluding carboxylic acids is 1. The quantitative estimate of drug-likeness (QED) is 0.200. The van der Waals surface area contributed by atoms with E-state index in [1.807, 2.05) is 60.7 Å². The maximum atomic E-state index is 14.2. The molecule has 0 atom stereocenters. The van der Waals surface area contributed by atoms with Crippen molar-refractivity contribution in [1.82, 2.24) is 15.0 Å². The van der Waals surface area contributed by atoms with E-state index in [2.05, 4.69) is 58.3 Å². The molecule has 3 heterocycles. The lowest BCUT2D eigenvalue weighted by Crippen LogP contribution is -2.03. The zero-order chi connectivity index (χ0) is 27.3. The Bertz CT molecular complexity index is 1710. The molecule has 0 spiro atoms. The Morgan fingerprint density at radius 3 is 1.10 bits per heavy atom. The molecule has 0 bridgehead atoms. The first-order valence-electron chi connectivity index (χ1n) is 13.3. The monoisotopic (exact) mass is 517 g/mol. The van der Waals surface area contributed by atoms with E-state index in [1.165, 1.54) is 5.56 Å². The van der Waals surface area contributed by atoms with E-state index in [0.29, 0.717) is 11.1 Å². The van der Waals surface area contributed by atoms with Gasteiger partial charge in [0.2, 0.25) is 0 Å². The molecule has 40 heavy (non-hydrogen) atoms. The molecule has 192 valence electrons. The fourth-order valence-corrected chi connectivity index (χ4v) is 4.92. The molecule has 0 saturated carbocycles. The second-order valence-corrected chi connectivity index (χ2v) is 9.69. The van der Waals surface area contributed by atoms with Gasteiger partial charge in [-0.1, -0.05) is 31.2 Å². The van der Waals surface area contributed by atoms with Crippen molar-refractivity contribution in [2.24, 2.45) is 0 Å². The van der Waals surface area contributed by atoms with Crippen LogP contribution in [0, 0.1) is 0 Å². The molecule has 0 fully saturated rings. The molecule has 0 unspecified atom stereocenters. The summed E-state index contributed by atoms with van der Waals surface area (Å²) in [6.45, 7) is 2.15. The van der Waals surface area contributed by atoms with E-state index in [4.69, 9.17) is 0 Å². The number of aryl methyl sites for hydroxylation is 1. The minimum atomic E-state index is -0.0338. The van der Waals surface area contributed by atoms with Crippen LogP contribution in [-0.2, 0) is 6.42 Å². The molecule has 6 rings (SSSR count). The first-order valence-corrected chi connectivity index (χ1v) is 13.3. The van der Waals surface area contributed by atoms with Gasteiger partial charge in [-0.2, -0.15) is 0 Å². The molecule has 0 aliphatic carbocycles. The molecule has 0 saturated heterocycles. The average Bonchev–Trinajstić information content (AvgIpc) is 3.05. The zero-order valence-corrected chi connectivity index (χ0v) is 22.2. The van der Waals surface area contributed by atoms with Gasteiger partial charge in [0.25, 0.3) is 0 Å². The molecular weight excluding hydrogens is 490 g/mol. The molecule has 3 aromatic heterocycles. The van der Waals surface area contributed by atoms with Crippen LogP contribution in [0.3, 0.4) is 0 Å². The van der Waals surface area contributed by atoms with Gasteiger partial charge in [-0.25, -0.2) is 0 Å². The molecule has 0 radical (unpaired) electrons. The molecule has 3 aromatic carbocycles. The van der Waals surface area contributed by atoms with E-state index >= 15 is 0 Å². The second kappa shape index (κ2) is 11.3. The van der Waals surface area contributed by atoms with Crippen molar-refractivity contribution in [1.29, 1.82) is 0 Å². The Balaban J connectivity index is 1.50. The summed E-state index contributed by atoms with van der Waals surface area (Å²) < 4.78 is 0. The molecule has 0 aliphatic rings. The van der Waals surface area contributed by atoms with Gasteiger partial charge in [0, 0.05) is 48.3 Å². The number of ketones is 1. The number of nitrogens with zero attached hydrogens (tertiary/aromatic N) is 3. The number of hydrogen-bond acceptors (Lipinski definition) is 4. The maximum Gasteiger partial charge on any atom is 0.193 e. The van der Waals surface area contributed by atoms with E-state index in [0.717, 1.165) is 50.9 Å². The fraction of sp³-hybridized carbons (Fsp3) is 0.0556. The van der Waals surface area contributed by atoms with Crippen LogP contribution in [0.1, 0.15) is 28.4 Å². The van der Waals surface area contributed by atoms with Crippen molar-refractivity contribution in [3.8, 4) is 44.5 Å². The highest BCUT2D eigenvalue weighted by atomic mass is 16.1. The maximum absolute atomic E-state index is 14.2. The first kappa shape index (κ1) is 25.1. The number of benzene rings is 3. The molecule has 6 aromatic rings. The van der Waals surface area contributed by atoms with Crippen molar-refractivity contribution in [3.05, 3.63) is 151 Å². The zero-order valence-electron chi connectivity index (χ0n) is 22.2. The highest BCUT2D eigenvalue weighted by Crippen LogP contribution is 2.32. The van der Waals surface area contributed by atoms with Crippen molar-refractivity contribution >= 4 is 5.78 Å². The first-order chi connectivity index (χ1) is 19.7. The van der Waals surface area contributed by atoms with E-state index in [1.54, 1.807) is 37.2 Å². The van der Waals surface area contributed by atoms with Crippen LogP contribution in [0.5, 0.6) is 0 Å². The molecule has 4 heteroatoms. The van der Waals surface area contributed by atoms with E-state index in [-0.39, 0.29) is 5.78 Å². The molecule has 0 amide bonds. The summed E-state index contributed by atoms with van der Waals surface area (Å²) in [6, 6.07) is 32.5. The summed E-state index contributed by atoms with van der Waals surface area (Å²) in [7, 11) is 0. The largest absolute Gasteiger partial charge is 0.289 e. The van der Waals surface area contributed by atoms with Gasteiger partial charge >= 0.3 is 0 Å². The Morgan fingerprint density at radius 2 is 0.775 bits per heavy atom. The van der Waals surface area contributed by atoms with Gasteiger partial charge in [-0.05, 0) is 129 Å². The average molecular weight is 518 g/mol. The number of pyridine rings is 3. The normalized spacial score (nSPS) is 10.8. The highest BCUT2D eigenvalue weighted by Gasteiger charge is 2.16. The Hall–Kier alpha value is -5.22. The van der Waals surface area contributed by atoms with Gasteiger partial charge in [0.1, 0.15) is 0 Å². The Morgan fingerprint density at radius 1 is 0.450 bits per heavy atom. The van der Waals surface area contributed by atoms with Crippen molar-refractivity contribution in [2.75, 3.05) is 0 Å². The van der Waals surface area contributed by atoms with Crippen molar-refractivity contribution in [3.63, 3.8) is 0 Å². The van der Waals surface area contributed by atoms with Crippen molar-refractivity contribution < 1.29 is 4.79 Å². The minimum Gasteiger partial charge on any atom is -0.289 e.